The second-order valence-corrected chi connectivity index (χ2v) is 6.11. The van der Waals surface area contributed by atoms with E-state index in [-0.39, 0.29) is 0 Å². The molecule has 0 saturated carbocycles. The number of nitrogens with zero attached hydrogens (tertiary/aromatic N) is 1. The Bertz CT molecular complexity index is 491. The Labute approximate surface area is 95.3 Å². The lowest BCUT2D eigenvalue weighted by Gasteiger charge is -2.18. The van der Waals surface area contributed by atoms with Crippen molar-refractivity contribution in [2.45, 2.75) is 17.1 Å². The van der Waals surface area contributed by atoms with Crippen LogP contribution in [-0.4, -0.2) is 33.1 Å². The van der Waals surface area contributed by atoms with Crippen LogP contribution >= 0.6 is 0 Å². The van der Waals surface area contributed by atoms with Crippen molar-refractivity contribution in [3.63, 3.8) is 0 Å². The van der Waals surface area contributed by atoms with Gasteiger partial charge in [-0.25, -0.2) is 8.42 Å². The fourth-order valence-corrected chi connectivity index (χ4v) is 3.11. The predicted molar refractivity (Wildman–Crippen MR) is 63.5 cm³/mol. The maximum absolute atomic E-state index is 12.2. The highest BCUT2D eigenvalue weighted by Crippen LogP contribution is 2.17. The van der Waals surface area contributed by atoms with Crippen LogP contribution in [0.5, 0.6) is 0 Å². The molecule has 1 aromatic carbocycles. The molecule has 0 saturated heterocycles. The third-order valence-electron chi connectivity index (χ3n) is 2.63. The average Bonchev–Trinajstić information content (AvgIpc) is 2.31. The smallest absolute Gasteiger partial charge is 0.184 e. The number of aryl methyl sites for hydroxylation is 1. The van der Waals surface area contributed by atoms with E-state index in [0.717, 1.165) is 5.56 Å². The van der Waals surface area contributed by atoms with Gasteiger partial charge >= 0.3 is 0 Å². The van der Waals surface area contributed by atoms with Gasteiger partial charge in [-0.15, -0.1) is 0 Å². The number of nitrogens with one attached hydrogen (secondary N) is 1. The molecular weight excluding hydrogens is 224 g/mol. The van der Waals surface area contributed by atoms with E-state index in [1.54, 1.807) is 18.5 Å². The Morgan fingerprint density at radius 3 is 2.56 bits per heavy atom. The van der Waals surface area contributed by atoms with E-state index < -0.39 is 15.1 Å². The van der Waals surface area contributed by atoms with Crippen LogP contribution in [0, 0.1) is 6.92 Å². The molecule has 1 aromatic rings. The van der Waals surface area contributed by atoms with E-state index in [2.05, 4.69) is 10.3 Å². The van der Waals surface area contributed by atoms with E-state index in [0.29, 0.717) is 18.0 Å². The van der Waals surface area contributed by atoms with Crippen LogP contribution in [0.3, 0.4) is 0 Å². The number of sulfone groups is 1. The van der Waals surface area contributed by atoms with Gasteiger partial charge in [-0.1, -0.05) is 17.7 Å². The molecule has 1 heterocycles. The summed E-state index contributed by atoms with van der Waals surface area (Å²) in [6.45, 7) is 2.70. The number of benzene rings is 1. The molecule has 1 aliphatic heterocycles. The molecule has 0 aromatic heterocycles. The number of aliphatic imine (C=N–C) groups is 1. The molecular formula is C11H14N2O2S. The van der Waals surface area contributed by atoms with E-state index in [4.69, 9.17) is 0 Å². The van der Waals surface area contributed by atoms with Crippen LogP contribution in [-0.2, 0) is 9.84 Å². The largest absolute Gasteiger partial charge is 0.375 e. The minimum absolute atomic E-state index is 0.337. The zero-order valence-electron chi connectivity index (χ0n) is 9.05. The molecule has 0 radical (unpaired) electrons. The second kappa shape index (κ2) is 4.25. The third kappa shape index (κ3) is 2.09. The predicted octanol–water partition coefficient (Wildman–Crippen LogP) is 0.769. The van der Waals surface area contributed by atoms with Crippen molar-refractivity contribution in [2.24, 2.45) is 4.99 Å². The quantitative estimate of drug-likeness (QED) is 0.828. The molecule has 86 valence electrons. The van der Waals surface area contributed by atoms with Gasteiger partial charge in [0.05, 0.1) is 17.8 Å². The van der Waals surface area contributed by atoms with E-state index >= 15 is 0 Å². The maximum Gasteiger partial charge on any atom is 0.184 e. The normalized spacial score (nSPS) is 20.4. The summed E-state index contributed by atoms with van der Waals surface area (Å²) in [5, 5.41) is 2.39. The van der Waals surface area contributed by atoms with Crippen LogP contribution in [0.25, 0.3) is 0 Å². The lowest BCUT2D eigenvalue weighted by molar-refractivity contribution is 0.574. The summed E-state index contributed by atoms with van der Waals surface area (Å²) in [5.41, 5.74) is 1.05. The summed E-state index contributed by atoms with van der Waals surface area (Å²) in [6, 6.07) is 6.94. The fraction of sp³-hybridized carbons (Fsp3) is 0.364. The molecule has 0 amide bonds. The van der Waals surface area contributed by atoms with Gasteiger partial charge in [0.1, 0.15) is 5.25 Å². The molecule has 1 unspecified atom stereocenters. The van der Waals surface area contributed by atoms with Crippen LogP contribution in [0.2, 0.25) is 0 Å². The van der Waals surface area contributed by atoms with Gasteiger partial charge in [-0.2, -0.15) is 0 Å². The average molecular weight is 238 g/mol. The highest BCUT2D eigenvalue weighted by Gasteiger charge is 2.27. The monoisotopic (exact) mass is 238 g/mol. The van der Waals surface area contributed by atoms with Crippen LogP contribution in [0.1, 0.15) is 5.56 Å². The highest BCUT2D eigenvalue weighted by molar-refractivity contribution is 7.92. The molecule has 16 heavy (non-hydrogen) atoms. The first kappa shape index (κ1) is 11.1. The zero-order valence-corrected chi connectivity index (χ0v) is 9.87. The molecule has 1 atom stereocenters. The Kier molecular flexibility index (Phi) is 2.96. The molecule has 2 rings (SSSR count). The van der Waals surface area contributed by atoms with Gasteiger partial charge < -0.3 is 5.32 Å². The first-order valence-electron chi connectivity index (χ1n) is 5.13. The van der Waals surface area contributed by atoms with E-state index in [9.17, 15) is 8.42 Å². The maximum atomic E-state index is 12.2. The first-order valence-corrected chi connectivity index (χ1v) is 6.67. The summed E-state index contributed by atoms with van der Waals surface area (Å²) in [5.74, 6) is 0. The van der Waals surface area contributed by atoms with Crippen LogP contribution in [0.15, 0.2) is 34.2 Å². The summed E-state index contributed by atoms with van der Waals surface area (Å²) >= 11 is 0. The fourth-order valence-electron chi connectivity index (χ4n) is 1.61. The lowest BCUT2D eigenvalue weighted by Crippen LogP contribution is -2.38. The molecule has 0 bridgehead atoms. The second-order valence-electron chi connectivity index (χ2n) is 3.88. The van der Waals surface area contributed by atoms with Crippen molar-refractivity contribution in [2.75, 3.05) is 13.1 Å². The van der Waals surface area contributed by atoms with Crippen LogP contribution < -0.4 is 5.32 Å². The van der Waals surface area contributed by atoms with Crippen molar-refractivity contribution in [3.05, 3.63) is 29.8 Å². The summed E-state index contributed by atoms with van der Waals surface area (Å²) < 4.78 is 24.4. The van der Waals surface area contributed by atoms with Crippen molar-refractivity contribution < 1.29 is 8.42 Å². The third-order valence-corrected chi connectivity index (χ3v) is 4.75. The molecule has 4 nitrogen and oxygen atoms in total. The van der Waals surface area contributed by atoms with Crippen molar-refractivity contribution in [1.29, 1.82) is 0 Å². The lowest BCUT2D eigenvalue weighted by atomic mass is 10.2. The van der Waals surface area contributed by atoms with Crippen molar-refractivity contribution >= 4 is 16.2 Å². The van der Waals surface area contributed by atoms with E-state index in [1.165, 1.54) is 0 Å². The van der Waals surface area contributed by atoms with Crippen molar-refractivity contribution in [1.82, 2.24) is 5.32 Å². The van der Waals surface area contributed by atoms with Gasteiger partial charge in [0.25, 0.3) is 0 Å². The molecule has 0 fully saturated rings. The molecule has 1 aliphatic rings. The van der Waals surface area contributed by atoms with E-state index in [1.807, 2.05) is 19.1 Å². The topological polar surface area (TPSA) is 58.5 Å². The number of hydrogen-bond acceptors (Lipinski definition) is 4. The first-order chi connectivity index (χ1) is 7.60. The zero-order chi connectivity index (χ0) is 11.6. The van der Waals surface area contributed by atoms with Gasteiger partial charge in [-0.3, -0.25) is 4.99 Å². The van der Waals surface area contributed by atoms with Gasteiger partial charge in [0, 0.05) is 6.54 Å². The SMILES string of the molecule is Cc1ccc(S(=O)(=O)C2CN=CNC2)cc1. The number of hydrogen-bond donors (Lipinski definition) is 1. The number of rotatable bonds is 2. The Balaban J connectivity index is 2.31. The summed E-state index contributed by atoms with van der Waals surface area (Å²) in [7, 11) is -3.26. The van der Waals surface area contributed by atoms with Gasteiger partial charge in [0.2, 0.25) is 0 Å². The Hall–Kier alpha value is -1.36. The van der Waals surface area contributed by atoms with Gasteiger partial charge in [0.15, 0.2) is 9.84 Å². The molecule has 0 aliphatic carbocycles. The molecule has 1 N–H and O–H groups in total. The highest BCUT2D eigenvalue weighted by atomic mass is 32.2. The standard InChI is InChI=1S/C11H14N2O2S/c1-9-2-4-10(5-3-9)16(14,15)11-6-12-8-13-7-11/h2-5,8,11H,6-7H2,1H3,(H,12,13). The molecule has 5 heteroatoms. The molecule has 0 spiro atoms. The Morgan fingerprint density at radius 1 is 1.31 bits per heavy atom. The minimum atomic E-state index is -3.26. The van der Waals surface area contributed by atoms with Crippen molar-refractivity contribution in [3.8, 4) is 0 Å². The Morgan fingerprint density at radius 2 is 2.00 bits per heavy atom. The minimum Gasteiger partial charge on any atom is -0.375 e. The summed E-state index contributed by atoms with van der Waals surface area (Å²) in [6.07, 6.45) is 1.56. The summed E-state index contributed by atoms with van der Waals surface area (Å²) in [4.78, 5) is 4.33. The van der Waals surface area contributed by atoms with Crippen LogP contribution in [0.4, 0.5) is 0 Å². The van der Waals surface area contributed by atoms with Gasteiger partial charge in [-0.05, 0) is 19.1 Å².